The molecule has 3 nitrogen and oxygen atoms in total. The number of hydrogen-bond acceptors (Lipinski definition) is 4. The predicted octanol–water partition coefficient (Wildman–Crippen LogP) is 4.49. The molecular formula is C18H30ClFN2OS2. The van der Waals surface area contributed by atoms with Crippen LogP contribution >= 0.6 is 36.4 Å². The van der Waals surface area contributed by atoms with Gasteiger partial charge in [-0.25, -0.2) is 4.39 Å². The van der Waals surface area contributed by atoms with Crippen LogP contribution in [0, 0.1) is 5.82 Å². The van der Waals surface area contributed by atoms with Gasteiger partial charge in [0.15, 0.2) is 0 Å². The molecule has 1 rings (SSSR count). The average Bonchev–Trinajstić information content (AvgIpc) is 2.59. The number of unbranched alkanes of at least 4 members (excludes halogenated alkanes) is 4. The third kappa shape index (κ3) is 8.69. The van der Waals surface area contributed by atoms with Gasteiger partial charge in [0.1, 0.15) is 10.1 Å². The lowest BCUT2D eigenvalue weighted by Crippen LogP contribution is -2.20. The van der Waals surface area contributed by atoms with Crippen LogP contribution in [-0.2, 0) is 13.0 Å². The zero-order valence-corrected chi connectivity index (χ0v) is 17.5. The minimum atomic E-state index is -0.565. The summed E-state index contributed by atoms with van der Waals surface area (Å²) >= 11 is 6.62. The molecule has 0 fully saturated rings. The van der Waals surface area contributed by atoms with Crippen LogP contribution in [0.25, 0.3) is 0 Å². The van der Waals surface area contributed by atoms with Gasteiger partial charge in [0, 0.05) is 6.54 Å². The minimum Gasteiger partial charge on any atom is -0.394 e. The van der Waals surface area contributed by atoms with Gasteiger partial charge in [-0.3, -0.25) is 0 Å². The summed E-state index contributed by atoms with van der Waals surface area (Å²) in [5.74, 6) is -0.237. The number of thiocarbonyl (C=S) groups is 1. The molecule has 4 N–H and O–H groups in total. The molecule has 0 amide bonds. The number of aliphatic hydroxyl groups excluding tert-OH is 1. The maximum atomic E-state index is 14.6. The molecular weight excluding hydrogens is 379 g/mol. The first-order chi connectivity index (χ1) is 11.5. The maximum Gasteiger partial charge on any atom is 0.133 e. The van der Waals surface area contributed by atoms with E-state index in [4.69, 9.17) is 18.0 Å². The molecule has 0 bridgehead atoms. The molecule has 25 heavy (non-hydrogen) atoms. The zero-order chi connectivity index (χ0) is 17.9. The van der Waals surface area contributed by atoms with Crippen molar-refractivity contribution in [1.29, 1.82) is 0 Å². The largest absolute Gasteiger partial charge is 0.394 e. The molecule has 144 valence electrons. The highest BCUT2D eigenvalue weighted by atomic mass is 35.5. The van der Waals surface area contributed by atoms with Crippen LogP contribution in [0.5, 0.6) is 0 Å². The second-order valence-corrected chi connectivity index (χ2v) is 7.42. The number of thioether (sulfide) groups is 1. The van der Waals surface area contributed by atoms with Gasteiger partial charge in [-0.15, -0.1) is 24.2 Å². The molecule has 0 aromatic heterocycles. The van der Waals surface area contributed by atoms with Crippen LogP contribution in [-0.4, -0.2) is 22.3 Å². The van der Waals surface area contributed by atoms with Crippen LogP contribution in [0.3, 0.4) is 0 Å². The van der Waals surface area contributed by atoms with Crippen molar-refractivity contribution in [3.05, 3.63) is 34.6 Å². The molecule has 1 atom stereocenters. The lowest BCUT2D eigenvalue weighted by atomic mass is 9.95. The molecule has 0 aliphatic rings. The smallest absolute Gasteiger partial charge is 0.133 e. The molecule has 0 radical (unpaired) electrons. The summed E-state index contributed by atoms with van der Waals surface area (Å²) in [6.07, 6.45) is 8.32. The van der Waals surface area contributed by atoms with E-state index in [1.165, 1.54) is 37.1 Å². The fourth-order valence-corrected chi connectivity index (χ4v) is 2.91. The zero-order valence-electron chi connectivity index (χ0n) is 15.0. The highest BCUT2D eigenvalue weighted by molar-refractivity contribution is 8.22. The van der Waals surface area contributed by atoms with Crippen LogP contribution in [0.2, 0.25) is 0 Å². The molecule has 0 spiro atoms. The van der Waals surface area contributed by atoms with E-state index in [0.717, 1.165) is 24.0 Å². The monoisotopic (exact) mass is 408 g/mol. The summed E-state index contributed by atoms with van der Waals surface area (Å²) < 4.78 is 15.3. The highest BCUT2D eigenvalue weighted by Crippen LogP contribution is 2.23. The Bertz CT molecular complexity index is 532. The van der Waals surface area contributed by atoms with Crippen LogP contribution < -0.4 is 11.1 Å². The van der Waals surface area contributed by atoms with E-state index in [1.807, 2.05) is 12.3 Å². The summed E-state index contributed by atoms with van der Waals surface area (Å²) in [6, 6.07) is 2.78. The molecule has 0 aliphatic carbocycles. The molecule has 0 heterocycles. The second-order valence-electron chi connectivity index (χ2n) is 5.94. The number of nitrogens with two attached hydrogens (primary N) is 1. The van der Waals surface area contributed by atoms with Crippen molar-refractivity contribution in [2.24, 2.45) is 5.73 Å². The van der Waals surface area contributed by atoms with Gasteiger partial charge in [0.05, 0.1) is 12.6 Å². The number of halogens is 2. The highest BCUT2D eigenvalue weighted by Gasteiger charge is 2.14. The van der Waals surface area contributed by atoms with Gasteiger partial charge in [0.25, 0.3) is 0 Å². The van der Waals surface area contributed by atoms with E-state index >= 15 is 0 Å². The molecule has 1 aromatic carbocycles. The molecule has 7 heteroatoms. The van der Waals surface area contributed by atoms with Gasteiger partial charge in [-0.05, 0) is 41.9 Å². The van der Waals surface area contributed by atoms with Crippen LogP contribution in [0.15, 0.2) is 12.1 Å². The summed E-state index contributed by atoms with van der Waals surface area (Å²) in [5, 5.41) is 12.4. The van der Waals surface area contributed by atoms with Crippen LogP contribution in [0.4, 0.5) is 4.39 Å². The van der Waals surface area contributed by atoms with Crippen molar-refractivity contribution in [2.75, 3.05) is 12.9 Å². The Morgan fingerprint density at radius 2 is 2.00 bits per heavy atom. The van der Waals surface area contributed by atoms with Crippen molar-refractivity contribution >= 4 is 40.7 Å². The Hall–Kier alpha value is -0.400. The third-order valence-corrected chi connectivity index (χ3v) is 5.23. The molecule has 0 saturated heterocycles. The van der Waals surface area contributed by atoms with E-state index < -0.39 is 6.04 Å². The van der Waals surface area contributed by atoms with Gasteiger partial charge < -0.3 is 16.2 Å². The number of nitrogens with one attached hydrogen (secondary N) is 1. The lowest BCUT2D eigenvalue weighted by molar-refractivity contribution is 0.267. The van der Waals surface area contributed by atoms with Gasteiger partial charge in [-0.1, -0.05) is 50.9 Å². The topological polar surface area (TPSA) is 58.3 Å². The van der Waals surface area contributed by atoms with Crippen molar-refractivity contribution < 1.29 is 9.50 Å². The standard InChI is InChI=1S/C18H29FN2OS2.ClH/c1-3-4-5-6-7-8-15-14(11-21-18(23)24-2)9-13(10-16(15)19)17(20)12-22;/h9-10,17,22H,3-8,11-12,20H2,1-2H3,(H,21,23);1H/t17-;/m0./s1. The minimum absolute atomic E-state index is 0. The summed E-state index contributed by atoms with van der Waals surface area (Å²) in [4.78, 5) is 0. The summed E-state index contributed by atoms with van der Waals surface area (Å²) in [6.45, 7) is 2.46. The van der Waals surface area contributed by atoms with Crippen molar-refractivity contribution in [3.63, 3.8) is 0 Å². The molecule has 0 saturated carbocycles. The SMILES string of the molecule is CCCCCCCc1c(F)cc([C@@H](N)CO)cc1CNC(=S)SC.Cl. The molecule has 0 unspecified atom stereocenters. The Morgan fingerprint density at radius 1 is 1.32 bits per heavy atom. The number of rotatable bonds is 10. The average molecular weight is 409 g/mol. The third-order valence-electron chi connectivity index (χ3n) is 4.07. The Kier molecular flexibility index (Phi) is 13.5. The van der Waals surface area contributed by atoms with E-state index in [2.05, 4.69) is 12.2 Å². The number of aliphatic hydroxyl groups is 1. The quantitative estimate of drug-likeness (QED) is 0.393. The first-order valence-electron chi connectivity index (χ1n) is 8.52. The Morgan fingerprint density at radius 3 is 2.60 bits per heavy atom. The summed E-state index contributed by atoms with van der Waals surface area (Å²) in [7, 11) is 0. The van der Waals surface area contributed by atoms with Gasteiger partial charge >= 0.3 is 0 Å². The van der Waals surface area contributed by atoms with E-state index in [1.54, 1.807) is 0 Å². The fourth-order valence-electron chi connectivity index (χ4n) is 2.62. The Balaban J connectivity index is 0.00000576. The van der Waals surface area contributed by atoms with Gasteiger partial charge in [0.2, 0.25) is 0 Å². The van der Waals surface area contributed by atoms with Crippen molar-refractivity contribution in [2.45, 2.75) is 58.0 Å². The summed E-state index contributed by atoms with van der Waals surface area (Å²) in [5.41, 5.74) is 8.08. The molecule has 1 aromatic rings. The van der Waals surface area contributed by atoms with Crippen molar-refractivity contribution in [1.82, 2.24) is 5.32 Å². The second kappa shape index (κ2) is 13.8. The van der Waals surface area contributed by atoms with Crippen LogP contribution in [0.1, 0.15) is 61.8 Å². The number of hydrogen-bond donors (Lipinski definition) is 3. The van der Waals surface area contributed by atoms with E-state index in [9.17, 15) is 9.50 Å². The number of benzene rings is 1. The molecule has 0 aliphatic heterocycles. The Labute approximate surface area is 166 Å². The van der Waals surface area contributed by atoms with Gasteiger partial charge in [-0.2, -0.15) is 0 Å². The predicted molar refractivity (Wildman–Crippen MR) is 113 cm³/mol. The van der Waals surface area contributed by atoms with E-state index in [0.29, 0.717) is 22.8 Å². The lowest BCUT2D eigenvalue weighted by Gasteiger charge is -2.17. The first kappa shape index (κ1) is 24.6. The fraction of sp³-hybridized carbons (Fsp3) is 0.611. The maximum absolute atomic E-state index is 14.6. The first-order valence-corrected chi connectivity index (χ1v) is 10.2. The van der Waals surface area contributed by atoms with Crippen molar-refractivity contribution in [3.8, 4) is 0 Å². The van der Waals surface area contributed by atoms with E-state index in [-0.39, 0.29) is 24.8 Å². The normalized spacial score (nSPS) is 11.7.